The van der Waals surface area contributed by atoms with Gasteiger partial charge in [0.05, 0.1) is 0 Å². The number of ether oxygens (including phenoxy) is 1. The maximum atomic E-state index is 9.00. The lowest BCUT2D eigenvalue weighted by molar-refractivity contribution is 0.0433. The van der Waals surface area contributed by atoms with Crippen LogP contribution in [0.4, 0.5) is 0 Å². The van der Waals surface area contributed by atoms with Crippen molar-refractivity contribution in [1.82, 2.24) is 0 Å². The van der Waals surface area contributed by atoms with Gasteiger partial charge in [-0.3, -0.25) is 0 Å². The Labute approximate surface area is 55.5 Å². The van der Waals surface area contributed by atoms with Gasteiger partial charge in [0.15, 0.2) is 0 Å². The molecule has 52 valence electrons. The number of aliphatic hydroxyl groups is 1. The molecule has 0 amide bonds. The molecule has 0 rings (SSSR count). The van der Waals surface area contributed by atoms with Crippen LogP contribution in [0.5, 0.6) is 0 Å². The first-order chi connectivity index (χ1) is 4.26. The molecule has 0 aromatic heterocycles. The number of rotatable bonds is 4. The summed E-state index contributed by atoms with van der Waals surface area (Å²) in [6.45, 7) is 6.87. The van der Waals surface area contributed by atoms with Crippen LogP contribution in [0, 0.1) is 0 Å². The average Bonchev–Trinajstić information content (AvgIpc) is 1.90. The van der Waals surface area contributed by atoms with Crippen molar-refractivity contribution in [3.63, 3.8) is 0 Å². The van der Waals surface area contributed by atoms with Crippen molar-refractivity contribution in [2.75, 3.05) is 7.11 Å². The lowest BCUT2D eigenvalue weighted by Crippen LogP contribution is -2.22. The van der Waals surface area contributed by atoms with E-state index >= 15 is 0 Å². The zero-order chi connectivity index (χ0) is 7.28. The lowest BCUT2D eigenvalue weighted by Gasteiger charge is -2.13. The highest BCUT2D eigenvalue weighted by Crippen LogP contribution is 1.98. The van der Waals surface area contributed by atoms with Crippen molar-refractivity contribution in [3.05, 3.63) is 25.3 Å². The van der Waals surface area contributed by atoms with E-state index in [-0.39, 0.29) is 6.10 Å². The van der Waals surface area contributed by atoms with Crippen LogP contribution in [-0.2, 0) is 4.74 Å². The van der Waals surface area contributed by atoms with Crippen LogP contribution in [0.15, 0.2) is 25.3 Å². The van der Waals surface area contributed by atoms with Gasteiger partial charge >= 0.3 is 0 Å². The maximum absolute atomic E-state index is 9.00. The molecule has 1 N–H and O–H groups in total. The Balaban J connectivity index is 3.77. The highest BCUT2D eigenvalue weighted by molar-refractivity contribution is 4.94. The fraction of sp³-hybridized carbons (Fsp3) is 0.429. The van der Waals surface area contributed by atoms with Gasteiger partial charge in [-0.2, -0.15) is 0 Å². The zero-order valence-corrected chi connectivity index (χ0v) is 5.58. The van der Waals surface area contributed by atoms with Gasteiger partial charge < -0.3 is 9.84 Å². The SMILES string of the molecule is C=CC(O)C(C=C)OC. The van der Waals surface area contributed by atoms with Gasteiger partial charge in [0.25, 0.3) is 0 Å². The third-order valence-corrected chi connectivity index (χ3v) is 1.08. The summed E-state index contributed by atoms with van der Waals surface area (Å²) in [6, 6.07) is 0. The summed E-state index contributed by atoms with van der Waals surface area (Å²) in [7, 11) is 1.51. The molecule has 0 aliphatic carbocycles. The van der Waals surface area contributed by atoms with Crippen LogP contribution < -0.4 is 0 Å². The third kappa shape index (κ3) is 2.44. The second-order valence-electron chi connectivity index (χ2n) is 1.66. The van der Waals surface area contributed by atoms with E-state index in [2.05, 4.69) is 13.2 Å². The highest BCUT2D eigenvalue weighted by atomic mass is 16.5. The predicted octanol–water partition coefficient (Wildman–Crippen LogP) is 0.734. The normalized spacial score (nSPS) is 16.2. The van der Waals surface area contributed by atoms with Crippen molar-refractivity contribution in [3.8, 4) is 0 Å². The Hall–Kier alpha value is -0.600. The van der Waals surface area contributed by atoms with Gasteiger partial charge in [-0.25, -0.2) is 0 Å². The van der Waals surface area contributed by atoms with E-state index in [1.807, 2.05) is 0 Å². The molecule has 0 bridgehead atoms. The minimum atomic E-state index is -0.646. The van der Waals surface area contributed by atoms with E-state index in [4.69, 9.17) is 9.84 Å². The quantitative estimate of drug-likeness (QED) is 0.566. The molecule has 0 aliphatic heterocycles. The first-order valence-corrected chi connectivity index (χ1v) is 2.72. The molecule has 0 aromatic rings. The van der Waals surface area contributed by atoms with Crippen LogP contribution in [0.3, 0.4) is 0 Å². The Morgan fingerprint density at radius 1 is 1.44 bits per heavy atom. The summed E-state index contributed by atoms with van der Waals surface area (Å²) in [5, 5.41) is 9.00. The number of methoxy groups -OCH3 is 1. The molecule has 0 saturated carbocycles. The van der Waals surface area contributed by atoms with Gasteiger partial charge in [0, 0.05) is 7.11 Å². The van der Waals surface area contributed by atoms with Gasteiger partial charge in [0.2, 0.25) is 0 Å². The van der Waals surface area contributed by atoms with E-state index in [9.17, 15) is 0 Å². The standard InChI is InChI=1S/C7H12O2/c1-4-6(8)7(5-2)9-3/h4-8H,1-2H2,3H3. The summed E-state index contributed by atoms with van der Waals surface area (Å²) in [5.41, 5.74) is 0. The number of hydrogen-bond acceptors (Lipinski definition) is 2. The Bertz CT molecular complexity index is 99.1. The average molecular weight is 128 g/mol. The van der Waals surface area contributed by atoms with Gasteiger partial charge in [-0.05, 0) is 0 Å². The van der Waals surface area contributed by atoms with Crippen LogP contribution in [0.1, 0.15) is 0 Å². The minimum absolute atomic E-state index is 0.331. The molecule has 2 unspecified atom stereocenters. The Morgan fingerprint density at radius 3 is 2.11 bits per heavy atom. The van der Waals surface area contributed by atoms with Crippen molar-refractivity contribution in [1.29, 1.82) is 0 Å². The van der Waals surface area contributed by atoms with E-state index in [1.165, 1.54) is 19.3 Å². The summed E-state index contributed by atoms with van der Waals surface area (Å²) in [4.78, 5) is 0. The summed E-state index contributed by atoms with van der Waals surface area (Å²) >= 11 is 0. The monoisotopic (exact) mass is 128 g/mol. The van der Waals surface area contributed by atoms with Crippen molar-refractivity contribution < 1.29 is 9.84 Å². The third-order valence-electron chi connectivity index (χ3n) is 1.08. The molecule has 0 spiro atoms. The maximum Gasteiger partial charge on any atom is 0.104 e. The molecular formula is C7H12O2. The molecular weight excluding hydrogens is 116 g/mol. The zero-order valence-electron chi connectivity index (χ0n) is 5.58. The van der Waals surface area contributed by atoms with Crippen LogP contribution in [0.25, 0.3) is 0 Å². The van der Waals surface area contributed by atoms with E-state index in [0.717, 1.165) is 0 Å². The fourth-order valence-corrected chi connectivity index (χ4v) is 0.509. The number of aliphatic hydroxyl groups excluding tert-OH is 1. The molecule has 2 nitrogen and oxygen atoms in total. The molecule has 0 aliphatic rings. The fourth-order valence-electron chi connectivity index (χ4n) is 0.509. The molecule has 2 heteroatoms. The van der Waals surface area contributed by atoms with Crippen LogP contribution >= 0.6 is 0 Å². The molecule has 0 saturated heterocycles. The molecule has 0 radical (unpaired) electrons. The largest absolute Gasteiger partial charge is 0.386 e. The molecule has 0 aromatic carbocycles. The van der Waals surface area contributed by atoms with Crippen molar-refractivity contribution in [2.24, 2.45) is 0 Å². The molecule has 2 atom stereocenters. The van der Waals surface area contributed by atoms with Gasteiger partial charge in [-0.15, -0.1) is 13.2 Å². The molecule has 9 heavy (non-hydrogen) atoms. The molecule has 0 heterocycles. The first kappa shape index (κ1) is 8.40. The number of hydrogen-bond donors (Lipinski definition) is 1. The smallest absolute Gasteiger partial charge is 0.104 e. The van der Waals surface area contributed by atoms with Crippen molar-refractivity contribution >= 4 is 0 Å². The minimum Gasteiger partial charge on any atom is -0.386 e. The van der Waals surface area contributed by atoms with E-state index < -0.39 is 6.10 Å². The Kier molecular flexibility index (Phi) is 4.01. The predicted molar refractivity (Wildman–Crippen MR) is 37.2 cm³/mol. The summed E-state index contributed by atoms with van der Waals surface area (Å²) < 4.78 is 4.81. The van der Waals surface area contributed by atoms with E-state index in [0.29, 0.717) is 0 Å². The van der Waals surface area contributed by atoms with E-state index in [1.54, 1.807) is 0 Å². The van der Waals surface area contributed by atoms with Crippen LogP contribution in [0.2, 0.25) is 0 Å². The summed E-state index contributed by atoms with van der Waals surface area (Å²) in [6.07, 6.45) is 1.97. The Morgan fingerprint density at radius 2 is 2.00 bits per heavy atom. The second kappa shape index (κ2) is 4.30. The topological polar surface area (TPSA) is 29.5 Å². The summed E-state index contributed by atoms with van der Waals surface area (Å²) in [5.74, 6) is 0. The highest BCUT2D eigenvalue weighted by Gasteiger charge is 2.09. The van der Waals surface area contributed by atoms with Gasteiger partial charge in [-0.1, -0.05) is 12.2 Å². The van der Waals surface area contributed by atoms with Crippen molar-refractivity contribution in [2.45, 2.75) is 12.2 Å². The van der Waals surface area contributed by atoms with Gasteiger partial charge in [0.1, 0.15) is 12.2 Å². The van der Waals surface area contributed by atoms with Crippen LogP contribution in [-0.4, -0.2) is 24.4 Å². The lowest BCUT2D eigenvalue weighted by atomic mass is 10.2. The first-order valence-electron chi connectivity index (χ1n) is 2.72. The second-order valence-corrected chi connectivity index (χ2v) is 1.66. The molecule has 0 fully saturated rings.